The molecule has 0 aliphatic carbocycles. The lowest BCUT2D eigenvalue weighted by Gasteiger charge is -2.38. The second-order valence-electron chi connectivity index (χ2n) is 8.42. The Kier molecular flexibility index (Phi) is 9.87. The van der Waals surface area contributed by atoms with Crippen LogP contribution in [0.3, 0.4) is 0 Å². The summed E-state index contributed by atoms with van der Waals surface area (Å²) in [7, 11) is 1.85. The summed E-state index contributed by atoms with van der Waals surface area (Å²) in [4.78, 5) is 7.00. The zero-order chi connectivity index (χ0) is 21.7. The lowest BCUT2D eigenvalue weighted by atomic mass is 9.97. The fraction of sp³-hybridized carbons (Fsp3) is 0.500. The van der Waals surface area contributed by atoms with Gasteiger partial charge in [-0.15, -0.1) is 0 Å². The van der Waals surface area contributed by atoms with Crippen molar-refractivity contribution in [2.24, 2.45) is 4.99 Å². The lowest BCUT2D eigenvalue weighted by Crippen LogP contribution is -2.51. The van der Waals surface area contributed by atoms with Crippen LogP contribution in [0.25, 0.3) is 0 Å². The first-order chi connectivity index (χ1) is 15.2. The second kappa shape index (κ2) is 13.1. The average Bonchev–Trinajstić information content (AvgIpc) is 2.80. The van der Waals surface area contributed by atoms with Crippen LogP contribution < -0.4 is 10.6 Å². The van der Waals surface area contributed by atoms with Gasteiger partial charge < -0.3 is 15.4 Å². The van der Waals surface area contributed by atoms with E-state index in [4.69, 9.17) is 4.74 Å². The third-order valence-corrected chi connectivity index (χ3v) is 5.93. The molecule has 0 saturated carbocycles. The van der Waals surface area contributed by atoms with E-state index >= 15 is 0 Å². The molecule has 168 valence electrons. The highest BCUT2D eigenvalue weighted by molar-refractivity contribution is 5.79. The molecule has 0 amide bonds. The van der Waals surface area contributed by atoms with Crippen molar-refractivity contribution in [3.8, 4) is 0 Å². The first-order valence-corrected chi connectivity index (χ1v) is 11.6. The zero-order valence-electron chi connectivity index (χ0n) is 19.1. The maximum Gasteiger partial charge on any atom is 0.191 e. The van der Waals surface area contributed by atoms with Gasteiger partial charge in [-0.25, -0.2) is 0 Å². The molecule has 1 saturated heterocycles. The molecule has 1 aliphatic heterocycles. The minimum Gasteiger partial charge on any atom is -0.377 e. The molecule has 1 aliphatic rings. The van der Waals surface area contributed by atoms with Crippen molar-refractivity contribution in [3.05, 3.63) is 71.8 Å². The Hall–Kier alpha value is -2.37. The van der Waals surface area contributed by atoms with Crippen molar-refractivity contribution in [2.45, 2.75) is 57.8 Å². The van der Waals surface area contributed by atoms with Crippen LogP contribution in [0.2, 0.25) is 0 Å². The zero-order valence-corrected chi connectivity index (χ0v) is 19.1. The van der Waals surface area contributed by atoms with Crippen LogP contribution in [-0.2, 0) is 17.9 Å². The van der Waals surface area contributed by atoms with E-state index in [9.17, 15) is 0 Å². The van der Waals surface area contributed by atoms with E-state index in [1.165, 1.54) is 11.1 Å². The van der Waals surface area contributed by atoms with E-state index in [2.05, 4.69) is 82.0 Å². The van der Waals surface area contributed by atoms with E-state index < -0.39 is 0 Å². The first kappa shape index (κ1) is 23.3. The van der Waals surface area contributed by atoms with E-state index in [1.807, 2.05) is 13.1 Å². The van der Waals surface area contributed by atoms with Gasteiger partial charge in [0.05, 0.1) is 6.61 Å². The number of likely N-dealkylation sites (tertiary alicyclic amines) is 1. The monoisotopic (exact) mass is 422 g/mol. The van der Waals surface area contributed by atoms with Gasteiger partial charge in [0.1, 0.15) is 0 Å². The molecule has 2 aromatic carbocycles. The summed E-state index contributed by atoms with van der Waals surface area (Å²) in [5.74, 6) is 0.916. The molecule has 0 aromatic heterocycles. The normalized spacial score (nSPS) is 19.9. The number of benzene rings is 2. The number of guanidine groups is 1. The van der Waals surface area contributed by atoms with Crippen LogP contribution in [-0.4, -0.2) is 49.7 Å². The van der Waals surface area contributed by atoms with Gasteiger partial charge in [-0.1, -0.05) is 60.7 Å². The summed E-state index contributed by atoms with van der Waals surface area (Å²) < 4.78 is 5.76. The smallest absolute Gasteiger partial charge is 0.191 e. The Bertz CT molecular complexity index is 765. The molecule has 5 nitrogen and oxygen atoms in total. The number of nitrogens with one attached hydrogen (secondary N) is 2. The largest absolute Gasteiger partial charge is 0.377 e. The van der Waals surface area contributed by atoms with Crippen LogP contribution in [0.4, 0.5) is 0 Å². The molecule has 1 heterocycles. The molecular weight excluding hydrogens is 384 g/mol. The Labute approximate surface area is 187 Å². The molecule has 2 N–H and O–H groups in total. The van der Waals surface area contributed by atoms with Gasteiger partial charge in [0, 0.05) is 45.4 Å². The number of hydrogen-bond donors (Lipinski definition) is 2. The molecule has 0 spiro atoms. The molecule has 5 heteroatoms. The van der Waals surface area contributed by atoms with Gasteiger partial charge in [-0.3, -0.25) is 9.89 Å². The summed E-state index contributed by atoms with van der Waals surface area (Å²) >= 11 is 0. The Morgan fingerprint density at radius 3 is 2.42 bits per heavy atom. The minimum absolute atomic E-state index is 0.474. The second-order valence-corrected chi connectivity index (χ2v) is 8.42. The fourth-order valence-electron chi connectivity index (χ4n) is 4.09. The number of aliphatic imine (C=N–C) groups is 1. The number of ether oxygens (including phenoxy) is 1. The van der Waals surface area contributed by atoms with Crippen LogP contribution >= 0.6 is 0 Å². The van der Waals surface area contributed by atoms with Gasteiger partial charge in [0.2, 0.25) is 0 Å². The molecule has 2 atom stereocenters. The SMILES string of the molecule is CN=C(NCCCCOCc1ccccc1)NC1CCN(Cc2ccccc2)C(C)C1. The van der Waals surface area contributed by atoms with Crippen molar-refractivity contribution in [1.82, 2.24) is 15.5 Å². The third-order valence-electron chi connectivity index (χ3n) is 5.93. The van der Waals surface area contributed by atoms with E-state index in [1.54, 1.807) is 0 Å². The number of unbranched alkanes of at least 4 members (excludes halogenated alkanes) is 1. The Morgan fingerprint density at radius 1 is 1.03 bits per heavy atom. The molecule has 1 fully saturated rings. The number of rotatable bonds is 10. The molecular formula is C26H38N4O. The predicted octanol–water partition coefficient (Wildman–Crippen LogP) is 4.20. The van der Waals surface area contributed by atoms with Crippen LogP contribution in [0.1, 0.15) is 43.7 Å². The highest BCUT2D eigenvalue weighted by Gasteiger charge is 2.25. The van der Waals surface area contributed by atoms with E-state index in [-0.39, 0.29) is 0 Å². The van der Waals surface area contributed by atoms with E-state index in [0.717, 1.165) is 57.9 Å². The lowest BCUT2D eigenvalue weighted by molar-refractivity contribution is 0.117. The number of nitrogens with zero attached hydrogens (tertiary/aromatic N) is 2. The van der Waals surface area contributed by atoms with Gasteiger partial charge in [0.25, 0.3) is 0 Å². The Balaban J connectivity index is 1.28. The first-order valence-electron chi connectivity index (χ1n) is 11.6. The van der Waals surface area contributed by atoms with Crippen LogP contribution in [0.15, 0.2) is 65.7 Å². The van der Waals surface area contributed by atoms with Crippen molar-refractivity contribution in [1.29, 1.82) is 0 Å². The third kappa shape index (κ3) is 8.35. The highest BCUT2D eigenvalue weighted by atomic mass is 16.5. The molecule has 3 rings (SSSR count). The molecule has 31 heavy (non-hydrogen) atoms. The minimum atomic E-state index is 0.474. The number of piperidine rings is 1. The molecule has 0 bridgehead atoms. The maximum absolute atomic E-state index is 5.76. The highest BCUT2D eigenvalue weighted by Crippen LogP contribution is 2.19. The summed E-state index contributed by atoms with van der Waals surface area (Å²) in [6, 6.07) is 22.1. The van der Waals surface area contributed by atoms with Gasteiger partial charge in [0.15, 0.2) is 5.96 Å². The Morgan fingerprint density at radius 2 is 1.74 bits per heavy atom. The molecule has 2 aromatic rings. The average molecular weight is 423 g/mol. The van der Waals surface area contributed by atoms with Crippen LogP contribution in [0.5, 0.6) is 0 Å². The van der Waals surface area contributed by atoms with Gasteiger partial charge >= 0.3 is 0 Å². The fourth-order valence-corrected chi connectivity index (χ4v) is 4.09. The molecule has 2 unspecified atom stereocenters. The van der Waals surface area contributed by atoms with E-state index in [0.29, 0.717) is 18.7 Å². The summed E-state index contributed by atoms with van der Waals surface area (Å²) in [5.41, 5.74) is 2.63. The summed E-state index contributed by atoms with van der Waals surface area (Å²) in [6.45, 7) is 6.88. The maximum atomic E-state index is 5.76. The van der Waals surface area contributed by atoms with Crippen molar-refractivity contribution < 1.29 is 4.74 Å². The molecule has 0 radical (unpaired) electrons. The quantitative estimate of drug-likeness (QED) is 0.342. The van der Waals surface area contributed by atoms with Gasteiger partial charge in [-0.2, -0.15) is 0 Å². The predicted molar refractivity (Wildman–Crippen MR) is 129 cm³/mol. The number of hydrogen-bond acceptors (Lipinski definition) is 3. The van der Waals surface area contributed by atoms with Crippen LogP contribution in [0, 0.1) is 0 Å². The van der Waals surface area contributed by atoms with Crippen molar-refractivity contribution in [2.75, 3.05) is 26.7 Å². The summed E-state index contributed by atoms with van der Waals surface area (Å²) in [5, 5.41) is 7.09. The standard InChI is InChI=1S/C26H38N4O/c1-22-19-25(15-17-30(22)20-23-11-5-3-6-12-23)29-26(27-2)28-16-9-10-18-31-21-24-13-7-4-8-14-24/h3-8,11-14,22,25H,9-10,15-21H2,1-2H3,(H2,27,28,29). The van der Waals surface area contributed by atoms with Gasteiger partial charge in [-0.05, 0) is 43.7 Å². The summed E-state index contributed by atoms with van der Waals surface area (Å²) in [6.07, 6.45) is 4.40. The topological polar surface area (TPSA) is 48.9 Å². The van der Waals surface area contributed by atoms with Crippen molar-refractivity contribution in [3.63, 3.8) is 0 Å². The van der Waals surface area contributed by atoms with Crippen molar-refractivity contribution >= 4 is 5.96 Å².